The highest BCUT2D eigenvalue weighted by Crippen LogP contribution is 2.52. The molecule has 0 fully saturated rings. The Hall–Kier alpha value is -7.46. The zero-order valence-corrected chi connectivity index (χ0v) is 37.8. The normalized spacial score (nSPS) is 14.7. The molecule has 2 nitrogen and oxygen atoms in total. The van der Waals surface area contributed by atoms with Crippen molar-refractivity contribution in [3.05, 3.63) is 224 Å². The molecular formula is C62H48N2S. The zero-order chi connectivity index (χ0) is 43.8. The maximum atomic E-state index is 4.22. The Bertz CT molecular complexity index is 3690. The van der Waals surface area contributed by atoms with E-state index in [0.717, 1.165) is 41.1 Å². The first-order chi connectivity index (χ1) is 31.9. The average Bonchev–Trinajstić information content (AvgIpc) is 3.97. The molecule has 0 bridgehead atoms. The van der Waals surface area contributed by atoms with Gasteiger partial charge in [0.1, 0.15) is 0 Å². The van der Waals surface area contributed by atoms with Gasteiger partial charge in [0, 0.05) is 59.1 Å². The summed E-state index contributed by atoms with van der Waals surface area (Å²) in [5, 5.41) is 7.62. The minimum Gasteiger partial charge on any atom is -0.310 e. The highest BCUT2D eigenvalue weighted by Gasteiger charge is 2.37. The van der Waals surface area contributed by atoms with E-state index < -0.39 is 0 Å². The van der Waals surface area contributed by atoms with E-state index >= 15 is 0 Å². The van der Waals surface area contributed by atoms with Crippen molar-refractivity contribution in [2.75, 3.05) is 4.90 Å². The van der Waals surface area contributed by atoms with Crippen LogP contribution in [0, 0.1) is 0 Å². The van der Waals surface area contributed by atoms with E-state index in [9.17, 15) is 0 Å². The molecule has 0 spiro atoms. The summed E-state index contributed by atoms with van der Waals surface area (Å²) in [7, 11) is 0. The van der Waals surface area contributed by atoms with E-state index in [0.29, 0.717) is 0 Å². The number of rotatable bonds is 8. The summed E-state index contributed by atoms with van der Waals surface area (Å²) in [5.41, 5.74) is 17.3. The number of thiophene rings is 1. The molecule has 3 heteroatoms. The topological polar surface area (TPSA) is 8.17 Å². The van der Waals surface area contributed by atoms with Gasteiger partial charge in [-0.25, -0.2) is 0 Å². The molecule has 0 saturated heterocycles. The Kier molecular flexibility index (Phi) is 9.26. The largest absolute Gasteiger partial charge is 0.310 e. The van der Waals surface area contributed by atoms with Crippen LogP contribution >= 0.6 is 11.3 Å². The van der Waals surface area contributed by atoms with Crippen LogP contribution in [0.4, 0.5) is 17.1 Å². The molecule has 0 N–H and O–H groups in total. The summed E-state index contributed by atoms with van der Waals surface area (Å²) < 4.78 is 5.01. The number of hydrogen-bond donors (Lipinski definition) is 0. The number of nitrogens with zero attached hydrogens (tertiary/aromatic N) is 2. The van der Waals surface area contributed by atoms with Crippen LogP contribution in [0.15, 0.2) is 212 Å². The Labute approximate surface area is 384 Å². The van der Waals surface area contributed by atoms with Gasteiger partial charge in [-0.15, -0.1) is 11.3 Å². The number of allylic oxidation sites excluding steroid dienone is 9. The third-order valence-electron chi connectivity index (χ3n) is 14.0. The number of benzene rings is 8. The second kappa shape index (κ2) is 15.4. The molecule has 65 heavy (non-hydrogen) atoms. The van der Waals surface area contributed by atoms with Gasteiger partial charge in [-0.3, -0.25) is 0 Å². The second-order valence-corrected chi connectivity index (χ2v) is 19.1. The first kappa shape index (κ1) is 39.2. The van der Waals surface area contributed by atoms with E-state index in [4.69, 9.17) is 0 Å². The first-order valence-corrected chi connectivity index (χ1v) is 23.6. The standard InChI is InChI=1S/C62H48N2S/c1-5-7-15-45(6-2)64-57-34-26-43(38-54(57)61-49-16-9-8-14-42(49)25-35-58(61)64)40-21-28-46(29-22-40)63(48-32-33-51-50-17-10-12-19-55(50)62(3,4)56(51)39-48)47-30-23-41(24-31-47)44-27-36-60-53(37-44)52-18-11-13-20-59(52)65-60/h5-9,11-16,18-39H,2,10,17H2,1,3-4H3/b7-5-,45-15+. The monoisotopic (exact) mass is 852 g/mol. The number of fused-ring (bicyclic) bond motifs is 10. The van der Waals surface area contributed by atoms with Crippen molar-refractivity contribution in [1.29, 1.82) is 0 Å². The predicted octanol–water partition coefficient (Wildman–Crippen LogP) is 18.1. The van der Waals surface area contributed by atoms with Crippen molar-refractivity contribution in [2.45, 2.75) is 39.0 Å². The second-order valence-electron chi connectivity index (χ2n) is 18.0. The molecule has 0 saturated carbocycles. The van der Waals surface area contributed by atoms with Crippen molar-refractivity contribution < 1.29 is 0 Å². The Morgan fingerprint density at radius 2 is 1.28 bits per heavy atom. The third-order valence-corrected chi connectivity index (χ3v) is 15.1. The lowest BCUT2D eigenvalue weighted by Crippen LogP contribution is -2.18. The molecule has 2 aromatic heterocycles. The Morgan fingerprint density at radius 1 is 0.631 bits per heavy atom. The van der Waals surface area contributed by atoms with Crippen molar-refractivity contribution in [3.63, 3.8) is 0 Å². The van der Waals surface area contributed by atoms with Gasteiger partial charge in [-0.05, 0) is 160 Å². The number of anilines is 3. The van der Waals surface area contributed by atoms with E-state index in [1.165, 1.54) is 91.8 Å². The van der Waals surface area contributed by atoms with Gasteiger partial charge in [-0.2, -0.15) is 0 Å². The zero-order valence-electron chi connectivity index (χ0n) is 37.0. The third kappa shape index (κ3) is 6.29. The minimum atomic E-state index is -0.0660. The van der Waals surface area contributed by atoms with Crippen LogP contribution in [-0.4, -0.2) is 4.57 Å². The molecule has 2 aliphatic rings. The first-order valence-electron chi connectivity index (χ1n) is 22.8. The number of aromatic nitrogens is 1. The van der Waals surface area contributed by atoms with Gasteiger partial charge in [-0.1, -0.05) is 136 Å². The van der Waals surface area contributed by atoms with Crippen molar-refractivity contribution in [1.82, 2.24) is 4.57 Å². The summed E-state index contributed by atoms with van der Waals surface area (Å²) in [6.45, 7) is 11.1. The lowest BCUT2D eigenvalue weighted by Gasteiger charge is -2.29. The van der Waals surface area contributed by atoms with E-state index in [2.05, 4.69) is 224 Å². The number of hydrogen-bond acceptors (Lipinski definition) is 2. The van der Waals surface area contributed by atoms with E-state index in [1.54, 1.807) is 0 Å². The molecule has 10 aromatic rings. The summed E-state index contributed by atoms with van der Waals surface area (Å²) >= 11 is 1.87. The van der Waals surface area contributed by atoms with Crippen LogP contribution in [0.1, 0.15) is 44.7 Å². The van der Waals surface area contributed by atoms with Crippen LogP contribution in [0.2, 0.25) is 0 Å². The molecular weight excluding hydrogens is 805 g/mol. The molecule has 12 rings (SSSR count). The molecule has 2 aliphatic carbocycles. The molecule has 0 radical (unpaired) electrons. The fourth-order valence-corrected chi connectivity index (χ4v) is 11.8. The summed E-state index contributed by atoms with van der Waals surface area (Å²) in [6.07, 6.45) is 15.2. The highest BCUT2D eigenvalue weighted by atomic mass is 32.1. The molecule has 0 amide bonds. The highest BCUT2D eigenvalue weighted by molar-refractivity contribution is 7.25. The van der Waals surface area contributed by atoms with Gasteiger partial charge in [0.15, 0.2) is 0 Å². The fraction of sp³-hybridized carbons (Fsp3) is 0.0968. The Morgan fingerprint density at radius 3 is 2.03 bits per heavy atom. The quantitative estimate of drug-likeness (QED) is 0.138. The molecule has 312 valence electrons. The van der Waals surface area contributed by atoms with Crippen LogP contribution < -0.4 is 4.90 Å². The average molecular weight is 853 g/mol. The predicted molar refractivity (Wildman–Crippen MR) is 283 cm³/mol. The van der Waals surface area contributed by atoms with E-state index in [1.807, 2.05) is 24.3 Å². The molecule has 8 aromatic carbocycles. The van der Waals surface area contributed by atoms with Crippen molar-refractivity contribution >= 4 is 92.4 Å². The minimum absolute atomic E-state index is 0.0660. The fourth-order valence-electron chi connectivity index (χ4n) is 10.8. The maximum absolute atomic E-state index is 4.22. The molecule has 2 heterocycles. The molecule has 0 unspecified atom stereocenters. The lowest BCUT2D eigenvalue weighted by atomic mass is 9.80. The van der Waals surface area contributed by atoms with Gasteiger partial charge in [0.25, 0.3) is 0 Å². The molecule has 0 atom stereocenters. The Balaban J connectivity index is 0.966. The smallest absolute Gasteiger partial charge is 0.0547 e. The maximum Gasteiger partial charge on any atom is 0.0547 e. The van der Waals surface area contributed by atoms with Crippen molar-refractivity contribution in [3.8, 4) is 22.3 Å². The SMILES string of the molecule is C=C/C(=C\C=C/C)n1c2ccc(-c3ccc(N(c4ccc(-c5ccc6sc7ccccc7c6c5)cc4)c4ccc5c(c4)C(C)(C)C4=C5CCC=C4)cc3)cc2c2c3ccccc3ccc21. The van der Waals surface area contributed by atoms with E-state index in [-0.39, 0.29) is 5.41 Å². The van der Waals surface area contributed by atoms with Gasteiger partial charge in [0.05, 0.1) is 11.0 Å². The summed E-state index contributed by atoms with van der Waals surface area (Å²) in [5.74, 6) is 0. The van der Waals surface area contributed by atoms with Crippen LogP contribution in [0.25, 0.3) is 86.3 Å². The van der Waals surface area contributed by atoms with Gasteiger partial charge >= 0.3 is 0 Å². The van der Waals surface area contributed by atoms with Gasteiger partial charge < -0.3 is 9.47 Å². The van der Waals surface area contributed by atoms with Crippen LogP contribution in [0.3, 0.4) is 0 Å². The van der Waals surface area contributed by atoms with Gasteiger partial charge in [0.2, 0.25) is 0 Å². The lowest BCUT2D eigenvalue weighted by molar-refractivity contribution is 0.651. The summed E-state index contributed by atoms with van der Waals surface area (Å²) in [4.78, 5) is 2.43. The van der Waals surface area contributed by atoms with Crippen LogP contribution in [0.5, 0.6) is 0 Å². The molecule has 0 aliphatic heterocycles. The summed E-state index contributed by atoms with van der Waals surface area (Å²) in [6, 6.07) is 61.3. The van der Waals surface area contributed by atoms with Crippen molar-refractivity contribution in [2.24, 2.45) is 0 Å². The van der Waals surface area contributed by atoms with Crippen LogP contribution in [-0.2, 0) is 5.41 Å².